The minimum atomic E-state index is -0.839. The monoisotopic (exact) mass is 310 g/mol. The van der Waals surface area contributed by atoms with E-state index in [2.05, 4.69) is 20.4 Å². The fraction of sp³-hybridized carbons (Fsp3) is 0.850. The van der Waals surface area contributed by atoms with Gasteiger partial charge in [0, 0.05) is 5.57 Å². The summed E-state index contributed by atoms with van der Waals surface area (Å²) in [6.45, 7) is 8.10. The van der Waals surface area contributed by atoms with Gasteiger partial charge in [-0.25, -0.2) is 4.79 Å². The number of hydrogen-bond donors (Lipinski definition) is 1. The molecule has 0 amide bonds. The molecule has 22 heavy (non-hydrogen) atoms. The molecule has 0 aromatic carbocycles. The van der Waals surface area contributed by atoms with Crippen molar-refractivity contribution in [3.05, 3.63) is 12.2 Å². The summed E-state index contributed by atoms with van der Waals surface area (Å²) < 4.78 is 0. The second-order valence-corrected chi connectivity index (χ2v) is 6.69. The van der Waals surface area contributed by atoms with Crippen LogP contribution < -0.4 is 0 Å². The van der Waals surface area contributed by atoms with Crippen molar-refractivity contribution in [2.75, 3.05) is 0 Å². The van der Waals surface area contributed by atoms with Crippen molar-refractivity contribution >= 4 is 5.97 Å². The molecule has 2 nitrogen and oxygen atoms in total. The van der Waals surface area contributed by atoms with E-state index in [1.165, 1.54) is 70.6 Å². The van der Waals surface area contributed by atoms with Gasteiger partial charge in [-0.1, -0.05) is 97.5 Å². The third kappa shape index (κ3) is 12.9. The molecule has 0 aromatic heterocycles. The average Bonchev–Trinajstić information content (AvgIpc) is 2.51. The SMILES string of the molecule is C=C(CCC(CC)CCCCCCCCCCCC)C(=O)O. The molecule has 1 atom stereocenters. The molecule has 0 spiro atoms. The predicted octanol–water partition coefficient (Wildman–Crippen LogP) is 6.74. The van der Waals surface area contributed by atoms with Gasteiger partial charge < -0.3 is 5.11 Å². The highest BCUT2D eigenvalue weighted by molar-refractivity contribution is 5.85. The van der Waals surface area contributed by atoms with Gasteiger partial charge in [-0.2, -0.15) is 0 Å². The van der Waals surface area contributed by atoms with E-state index < -0.39 is 5.97 Å². The summed E-state index contributed by atoms with van der Waals surface area (Å²) in [5.74, 6) is -0.168. The number of rotatable bonds is 16. The normalized spacial score (nSPS) is 12.3. The summed E-state index contributed by atoms with van der Waals surface area (Å²) in [5, 5.41) is 8.83. The van der Waals surface area contributed by atoms with Gasteiger partial charge in [0.2, 0.25) is 0 Å². The Morgan fingerprint density at radius 1 is 0.864 bits per heavy atom. The molecule has 0 aliphatic rings. The number of carboxylic acid groups (broad SMARTS) is 1. The molecular weight excluding hydrogens is 272 g/mol. The lowest BCUT2D eigenvalue weighted by Gasteiger charge is -2.14. The summed E-state index contributed by atoms with van der Waals surface area (Å²) in [6.07, 6.45) is 17.8. The fourth-order valence-corrected chi connectivity index (χ4v) is 2.96. The Labute approximate surface area is 138 Å². The molecule has 2 heteroatoms. The first kappa shape index (κ1) is 21.2. The van der Waals surface area contributed by atoms with Crippen molar-refractivity contribution in [3.8, 4) is 0 Å². The zero-order valence-corrected chi connectivity index (χ0v) is 15.0. The van der Waals surface area contributed by atoms with Gasteiger partial charge in [-0.05, 0) is 18.8 Å². The van der Waals surface area contributed by atoms with Gasteiger partial charge in [-0.3, -0.25) is 0 Å². The molecule has 0 rings (SSSR count). The molecular formula is C20H38O2. The standard InChI is InChI=1S/C20H38O2/c1-4-6-7-8-9-10-11-12-13-14-15-19(5-2)17-16-18(3)20(21)22/h19H,3-17H2,1-2H3,(H,21,22). The molecule has 0 aliphatic carbocycles. The van der Waals surface area contributed by atoms with Crippen molar-refractivity contribution in [2.24, 2.45) is 5.92 Å². The molecule has 0 fully saturated rings. The Morgan fingerprint density at radius 3 is 1.82 bits per heavy atom. The smallest absolute Gasteiger partial charge is 0.330 e. The lowest BCUT2D eigenvalue weighted by Crippen LogP contribution is -2.04. The minimum absolute atomic E-state index is 0.363. The molecule has 130 valence electrons. The van der Waals surface area contributed by atoms with Gasteiger partial charge >= 0.3 is 5.97 Å². The maximum absolute atomic E-state index is 10.7. The molecule has 1 unspecified atom stereocenters. The Bertz CT molecular complexity index is 283. The van der Waals surface area contributed by atoms with Gasteiger partial charge in [0.05, 0.1) is 0 Å². The van der Waals surface area contributed by atoms with E-state index in [-0.39, 0.29) is 0 Å². The molecule has 0 aliphatic heterocycles. The van der Waals surface area contributed by atoms with Crippen LogP contribution in [-0.4, -0.2) is 11.1 Å². The van der Waals surface area contributed by atoms with E-state index in [9.17, 15) is 4.79 Å². The minimum Gasteiger partial charge on any atom is -0.478 e. The summed E-state index contributed by atoms with van der Waals surface area (Å²) in [6, 6.07) is 0. The molecule has 0 heterocycles. The van der Waals surface area contributed by atoms with Crippen LogP contribution in [0.25, 0.3) is 0 Å². The third-order valence-electron chi connectivity index (χ3n) is 4.70. The lowest BCUT2D eigenvalue weighted by atomic mass is 9.92. The second kappa shape index (κ2) is 15.1. The fourth-order valence-electron chi connectivity index (χ4n) is 2.96. The highest BCUT2D eigenvalue weighted by Crippen LogP contribution is 2.21. The lowest BCUT2D eigenvalue weighted by molar-refractivity contribution is -0.132. The Kier molecular flexibility index (Phi) is 14.6. The largest absolute Gasteiger partial charge is 0.478 e. The van der Waals surface area contributed by atoms with Crippen LogP contribution in [0.1, 0.15) is 104 Å². The summed E-state index contributed by atoms with van der Waals surface area (Å²) in [7, 11) is 0. The van der Waals surface area contributed by atoms with Crippen molar-refractivity contribution in [1.82, 2.24) is 0 Å². The maximum Gasteiger partial charge on any atom is 0.330 e. The molecule has 0 aromatic rings. The number of carbonyl (C=O) groups is 1. The summed E-state index contributed by atoms with van der Waals surface area (Å²) in [5.41, 5.74) is 0.363. The van der Waals surface area contributed by atoms with Gasteiger partial charge in [0.25, 0.3) is 0 Å². The van der Waals surface area contributed by atoms with Crippen LogP contribution in [0.2, 0.25) is 0 Å². The Hall–Kier alpha value is -0.790. The highest BCUT2D eigenvalue weighted by Gasteiger charge is 2.10. The van der Waals surface area contributed by atoms with Gasteiger partial charge in [0.15, 0.2) is 0 Å². The zero-order valence-electron chi connectivity index (χ0n) is 15.0. The summed E-state index contributed by atoms with van der Waals surface area (Å²) >= 11 is 0. The molecule has 0 saturated carbocycles. The molecule has 0 bridgehead atoms. The maximum atomic E-state index is 10.7. The predicted molar refractivity (Wildman–Crippen MR) is 96.3 cm³/mol. The van der Waals surface area contributed by atoms with Crippen LogP contribution in [0.5, 0.6) is 0 Å². The quantitative estimate of drug-likeness (QED) is 0.253. The van der Waals surface area contributed by atoms with E-state index in [4.69, 9.17) is 5.11 Å². The van der Waals surface area contributed by atoms with E-state index in [1.54, 1.807) is 0 Å². The number of carboxylic acids is 1. The van der Waals surface area contributed by atoms with Gasteiger partial charge in [-0.15, -0.1) is 0 Å². The third-order valence-corrected chi connectivity index (χ3v) is 4.70. The van der Waals surface area contributed by atoms with E-state index in [1.807, 2.05) is 0 Å². The molecule has 0 radical (unpaired) electrons. The molecule has 0 saturated heterocycles. The van der Waals surface area contributed by atoms with Crippen molar-refractivity contribution in [2.45, 2.75) is 104 Å². The van der Waals surface area contributed by atoms with Crippen molar-refractivity contribution in [3.63, 3.8) is 0 Å². The average molecular weight is 311 g/mol. The van der Waals surface area contributed by atoms with Crippen LogP contribution in [0, 0.1) is 5.92 Å². The summed E-state index contributed by atoms with van der Waals surface area (Å²) in [4.78, 5) is 10.7. The van der Waals surface area contributed by atoms with E-state index >= 15 is 0 Å². The first-order chi connectivity index (χ1) is 10.6. The second-order valence-electron chi connectivity index (χ2n) is 6.69. The van der Waals surface area contributed by atoms with E-state index in [0.717, 1.165) is 12.8 Å². The van der Waals surface area contributed by atoms with Crippen molar-refractivity contribution < 1.29 is 9.90 Å². The van der Waals surface area contributed by atoms with Gasteiger partial charge in [0.1, 0.15) is 0 Å². The van der Waals surface area contributed by atoms with Crippen LogP contribution in [0.15, 0.2) is 12.2 Å². The number of aliphatic carboxylic acids is 1. The first-order valence-electron chi connectivity index (χ1n) is 9.52. The van der Waals surface area contributed by atoms with Crippen LogP contribution >= 0.6 is 0 Å². The van der Waals surface area contributed by atoms with Crippen LogP contribution in [0.4, 0.5) is 0 Å². The zero-order chi connectivity index (χ0) is 16.6. The Balaban J connectivity index is 3.43. The van der Waals surface area contributed by atoms with E-state index in [0.29, 0.717) is 17.9 Å². The number of unbranched alkanes of at least 4 members (excludes halogenated alkanes) is 9. The molecule has 1 N–H and O–H groups in total. The highest BCUT2D eigenvalue weighted by atomic mass is 16.4. The Morgan fingerprint density at radius 2 is 1.36 bits per heavy atom. The topological polar surface area (TPSA) is 37.3 Å². The first-order valence-corrected chi connectivity index (χ1v) is 9.52. The van der Waals surface area contributed by atoms with Crippen LogP contribution in [-0.2, 0) is 4.79 Å². The van der Waals surface area contributed by atoms with Crippen molar-refractivity contribution in [1.29, 1.82) is 0 Å². The number of hydrogen-bond acceptors (Lipinski definition) is 1. The van der Waals surface area contributed by atoms with Crippen LogP contribution in [0.3, 0.4) is 0 Å².